The molecule has 0 aliphatic carbocycles. The van der Waals surface area contributed by atoms with Crippen LogP contribution in [0.5, 0.6) is 0 Å². The molecule has 0 saturated carbocycles. The monoisotopic (exact) mass is 292 g/mol. The van der Waals surface area contributed by atoms with E-state index in [2.05, 4.69) is 14.7 Å². The third kappa shape index (κ3) is 3.38. The smallest absolute Gasteiger partial charge is 0.265 e. The zero-order valence-corrected chi connectivity index (χ0v) is 12.1. The average molecular weight is 292 g/mol. The fraction of sp³-hybridized carbons (Fsp3) is 0.231. The number of aromatic nitrogens is 2. The standard InChI is InChI=1S/C13H16N4O2S/c1-17(2)20(18,19)16-10-12-4-3-7-15-13(12)11-5-8-14-9-6-11/h3-9,16H,10H2,1-2H3. The van der Waals surface area contributed by atoms with E-state index in [1.807, 2.05) is 18.2 Å². The van der Waals surface area contributed by atoms with E-state index in [0.717, 1.165) is 21.1 Å². The van der Waals surface area contributed by atoms with Crippen LogP contribution in [0.1, 0.15) is 5.56 Å². The molecule has 2 aromatic rings. The maximum Gasteiger partial charge on any atom is 0.279 e. The van der Waals surface area contributed by atoms with Crippen LogP contribution in [0.15, 0.2) is 42.9 Å². The molecule has 0 fully saturated rings. The van der Waals surface area contributed by atoms with Crippen molar-refractivity contribution >= 4 is 10.2 Å². The number of rotatable bonds is 5. The van der Waals surface area contributed by atoms with Crippen molar-refractivity contribution in [1.29, 1.82) is 0 Å². The number of nitrogens with one attached hydrogen (secondary N) is 1. The molecule has 0 aromatic carbocycles. The molecule has 2 aromatic heterocycles. The van der Waals surface area contributed by atoms with Gasteiger partial charge < -0.3 is 0 Å². The summed E-state index contributed by atoms with van der Waals surface area (Å²) in [6.07, 6.45) is 5.04. The minimum Gasteiger partial charge on any atom is -0.265 e. The highest BCUT2D eigenvalue weighted by Gasteiger charge is 2.14. The normalized spacial score (nSPS) is 11.8. The first-order valence-electron chi connectivity index (χ1n) is 6.02. The second kappa shape index (κ2) is 6.08. The summed E-state index contributed by atoms with van der Waals surface area (Å²) in [5.41, 5.74) is 2.46. The van der Waals surface area contributed by atoms with Crippen LogP contribution in [-0.2, 0) is 16.8 Å². The van der Waals surface area contributed by atoms with Gasteiger partial charge >= 0.3 is 0 Å². The predicted molar refractivity (Wildman–Crippen MR) is 76.9 cm³/mol. The lowest BCUT2D eigenvalue weighted by Gasteiger charge is -2.14. The van der Waals surface area contributed by atoms with Crippen LogP contribution in [0.2, 0.25) is 0 Å². The van der Waals surface area contributed by atoms with Crippen molar-refractivity contribution in [1.82, 2.24) is 19.0 Å². The van der Waals surface area contributed by atoms with E-state index in [0.29, 0.717) is 0 Å². The summed E-state index contributed by atoms with van der Waals surface area (Å²) < 4.78 is 27.1. The Morgan fingerprint density at radius 3 is 2.50 bits per heavy atom. The molecule has 7 heteroatoms. The van der Waals surface area contributed by atoms with Gasteiger partial charge in [0.15, 0.2) is 0 Å². The third-order valence-electron chi connectivity index (χ3n) is 2.77. The Kier molecular flexibility index (Phi) is 4.43. The summed E-state index contributed by atoms with van der Waals surface area (Å²) in [6, 6.07) is 7.31. The summed E-state index contributed by atoms with van der Waals surface area (Å²) in [5, 5.41) is 0. The second-order valence-electron chi connectivity index (χ2n) is 4.36. The van der Waals surface area contributed by atoms with Gasteiger partial charge in [-0.1, -0.05) is 6.07 Å². The molecular formula is C13H16N4O2S. The molecule has 106 valence electrons. The number of nitrogens with zero attached hydrogens (tertiary/aromatic N) is 3. The topological polar surface area (TPSA) is 75.2 Å². The zero-order chi connectivity index (χ0) is 14.6. The first-order valence-corrected chi connectivity index (χ1v) is 7.46. The molecule has 20 heavy (non-hydrogen) atoms. The Balaban J connectivity index is 2.26. The van der Waals surface area contributed by atoms with E-state index in [1.165, 1.54) is 14.1 Å². The van der Waals surface area contributed by atoms with Crippen molar-refractivity contribution in [3.8, 4) is 11.3 Å². The van der Waals surface area contributed by atoms with Gasteiger partial charge in [0.1, 0.15) is 0 Å². The predicted octanol–water partition coefficient (Wildman–Crippen LogP) is 1.04. The van der Waals surface area contributed by atoms with Crippen LogP contribution >= 0.6 is 0 Å². The lowest BCUT2D eigenvalue weighted by atomic mass is 10.1. The fourth-order valence-corrected chi connectivity index (χ4v) is 2.25. The Hall–Kier alpha value is -1.83. The first-order chi connectivity index (χ1) is 9.50. The summed E-state index contributed by atoms with van der Waals surface area (Å²) >= 11 is 0. The summed E-state index contributed by atoms with van der Waals surface area (Å²) in [5.74, 6) is 0. The van der Waals surface area contributed by atoms with Crippen LogP contribution in [0, 0.1) is 0 Å². The highest BCUT2D eigenvalue weighted by Crippen LogP contribution is 2.20. The molecular weight excluding hydrogens is 276 g/mol. The molecule has 0 spiro atoms. The van der Waals surface area contributed by atoms with Crippen LogP contribution in [0.25, 0.3) is 11.3 Å². The van der Waals surface area contributed by atoms with Gasteiger partial charge in [-0.2, -0.15) is 17.4 Å². The van der Waals surface area contributed by atoms with Gasteiger partial charge in [-0.25, -0.2) is 0 Å². The molecule has 0 amide bonds. The first kappa shape index (κ1) is 14.6. The lowest BCUT2D eigenvalue weighted by Crippen LogP contribution is -2.35. The molecule has 0 aliphatic heterocycles. The van der Waals surface area contributed by atoms with E-state index < -0.39 is 10.2 Å². The van der Waals surface area contributed by atoms with Crippen molar-refractivity contribution in [2.24, 2.45) is 0 Å². The second-order valence-corrected chi connectivity index (χ2v) is 6.32. The van der Waals surface area contributed by atoms with Crippen molar-refractivity contribution in [3.63, 3.8) is 0 Å². The largest absolute Gasteiger partial charge is 0.279 e. The Morgan fingerprint density at radius 2 is 1.85 bits per heavy atom. The SMILES string of the molecule is CN(C)S(=O)(=O)NCc1cccnc1-c1ccncc1. The van der Waals surface area contributed by atoms with Gasteiger partial charge in [-0.3, -0.25) is 9.97 Å². The molecule has 0 atom stereocenters. The van der Waals surface area contributed by atoms with Gasteiger partial charge in [0.2, 0.25) is 0 Å². The quantitative estimate of drug-likeness (QED) is 0.893. The van der Waals surface area contributed by atoms with E-state index >= 15 is 0 Å². The Bertz CT molecular complexity index is 672. The van der Waals surface area contributed by atoms with Crippen LogP contribution in [0.4, 0.5) is 0 Å². The molecule has 6 nitrogen and oxygen atoms in total. The maximum absolute atomic E-state index is 11.7. The summed E-state index contributed by atoms with van der Waals surface area (Å²) in [7, 11) is -0.489. The summed E-state index contributed by atoms with van der Waals surface area (Å²) in [4.78, 5) is 8.28. The van der Waals surface area contributed by atoms with Gasteiger partial charge in [-0.05, 0) is 23.8 Å². The van der Waals surface area contributed by atoms with Crippen molar-refractivity contribution in [2.45, 2.75) is 6.54 Å². The zero-order valence-electron chi connectivity index (χ0n) is 11.3. The van der Waals surface area contributed by atoms with Crippen LogP contribution < -0.4 is 4.72 Å². The van der Waals surface area contributed by atoms with Crippen molar-refractivity contribution in [3.05, 3.63) is 48.4 Å². The number of hydrogen-bond acceptors (Lipinski definition) is 4. The molecule has 2 rings (SSSR count). The molecule has 0 unspecified atom stereocenters. The van der Waals surface area contributed by atoms with E-state index in [9.17, 15) is 8.42 Å². The number of pyridine rings is 2. The molecule has 0 radical (unpaired) electrons. The molecule has 0 bridgehead atoms. The van der Waals surface area contributed by atoms with Gasteiger partial charge in [0.25, 0.3) is 10.2 Å². The molecule has 1 N–H and O–H groups in total. The Morgan fingerprint density at radius 1 is 1.15 bits per heavy atom. The van der Waals surface area contributed by atoms with Gasteiger partial charge in [-0.15, -0.1) is 0 Å². The summed E-state index contributed by atoms with van der Waals surface area (Å²) in [6.45, 7) is 0.187. The van der Waals surface area contributed by atoms with Gasteiger partial charge in [0, 0.05) is 44.8 Å². The minimum absolute atomic E-state index is 0.187. The number of hydrogen-bond donors (Lipinski definition) is 1. The van der Waals surface area contributed by atoms with E-state index in [4.69, 9.17) is 0 Å². The molecule has 0 aliphatic rings. The maximum atomic E-state index is 11.7. The minimum atomic E-state index is -3.45. The Labute approximate surface area is 118 Å². The lowest BCUT2D eigenvalue weighted by molar-refractivity contribution is 0.505. The van der Waals surface area contributed by atoms with Crippen molar-refractivity contribution in [2.75, 3.05) is 14.1 Å². The molecule has 2 heterocycles. The van der Waals surface area contributed by atoms with Crippen molar-refractivity contribution < 1.29 is 8.42 Å². The highest BCUT2D eigenvalue weighted by molar-refractivity contribution is 7.87. The fourth-order valence-electron chi connectivity index (χ4n) is 1.65. The molecule has 0 saturated heterocycles. The average Bonchev–Trinajstić information content (AvgIpc) is 2.46. The highest BCUT2D eigenvalue weighted by atomic mass is 32.2. The van der Waals surface area contributed by atoms with Crippen LogP contribution in [0.3, 0.4) is 0 Å². The van der Waals surface area contributed by atoms with Crippen LogP contribution in [-0.4, -0.2) is 36.8 Å². The van der Waals surface area contributed by atoms with E-state index in [-0.39, 0.29) is 6.54 Å². The van der Waals surface area contributed by atoms with Gasteiger partial charge in [0.05, 0.1) is 5.69 Å². The van der Waals surface area contributed by atoms with E-state index in [1.54, 1.807) is 24.7 Å². The third-order valence-corrected chi connectivity index (χ3v) is 4.24.